The molecule has 1 amide bonds. The van der Waals surface area contributed by atoms with Crippen LogP contribution in [0.4, 0.5) is 11.5 Å². The molecule has 3 N–H and O–H groups in total. The maximum Gasteiger partial charge on any atom is 0.258 e. The van der Waals surface area contributed by atoms with Crippen LogP contribution in [0.3, 0.4) is 0 Å². The average molecular weight is 359 g/mol. The summed E-state index contributed by atoms with van der Waals surface area (Å²) in [4.78, 5) is 16.8. The molecule has 2 heterocycles. The number of aromatic nitrogens is 1. The van der Waals surface area contributed by atoms with Gasteiger partial charge >= 0.3 is 0 Å². The molecule has 0 aliphatic carbocycles. The third-order valence-corrected chi connectivity index (χ3v) is 4.84. The van der Waals surface area contributed by atoms with E-state index in [1.54, 1.807) is 12.1 Å². The van der Waals surface area contributed by atoms with Gasteiger partial charge in [-0.15, -0.1) is 0 Å². The van der Waals surface area contributed by atoms with Crippen LogP contribution in [0.25, 0.3) is 0 Å². The lowest BCUT2D eigenvalue weighted by atomic mass is 9.91. The molecular formula is C19H23ClN4O. The molecule has 1 atom stereocenters. The Morgan fingerprint density at radius 3 is 2.72 bits per heavy atom. The van der Waals surface area contributed by atoms with Crippen LogP contribution in [-0.2, 0) is 0 Å². The minimum Gasteiger partial charge on any atom is -0.382 e. The molecule has 1 aromatic carbocycles. The number of para-hydroxylation sites is 1. The molecule has 3 rings (SSSR count). The highest BCUT2D eigenvalue weighted by molar-refractivity contribution is 6.30. The number of amides is 1. The van der Waals surface area contributed by atoms with Gasteiger partial charge in [0.1, 0.15) is 5.82 Å². The van der Waals surface area contributed by atoms with Gasteiger partial charge in [-0.2, -0.15) is 0 Å². The first-order chi connectivity index (χ1) is 12.1. The second-order valence-electron chi connectivity index (χ2n) is 6.38. The van der Waals surface area contributed by atoms with Gasteiger partial charge in [-0.05, 0) is 63.0 Å². The number of hydrogen-bond acceptors (Lipinski definition) is 4. The van der Waals surface area contributed by atoms with Crippen molar-refractivity contribution in [2.45, 2.75) is 25.8 Å². The molecule has 1 aliphatic heterocycles. The zero-order chi connectivity index (χ0) is 17.6. The molecule has 1 unspecified atom stereocenters. The van der Waals surface area contributed by atoms with E-state index in [4.69, 9.17) is 11.6 Å². The fourth-order valence-electron chi connectivity index (χ4n) is 3.15. The monoisotopic (exact) mass is 358 g/mol. The summed E-state index contributed by atoms with van der Waals surface area (Å²) in [7, 11) is 0. The first-order valence-corrected chi connectivity index (χ1v) is 9.00. The number of carbonyl (C=O) groups is 1. The van der Waals surface area contributed by atoms with Crippen LogP contribution >= 0.6 is 11.6 Å². The summed E-state index contributed by atoms with van der Waals surface area (Å²) < 4.78 is 0. The van der Waals surface area contributed by atoms with Crippen molar-refractivity contribution >= 4 is 29.0 Å². The van der Waals surface area contributed by atoms with E-state index < -0.39 is 0 Å². The van der Waals surface area contributed by atoms with Crippen molar-refractivity contribution in [3.63, 3.8) is 0 Å². The second-order valence-corrected chi connectivity index (χ2v) is 6.82. The quantitative estimate of drug-likeness (QED) is 0.760. The molecule has 1 saturated heterocycles. The Bertz CT molecular complexity index is 714. The molecule has 2 aromatic rings. The van der Waals surface area contributed by atoms with Crippen LogP contribution < -0.4 is 16.0 Å². The van der Waals surface area contributed by atoms with E-state index in [0.717, 1.165) is 31.6 Å². The van der Waals surface area contributed by atoms with Gasteiger partial charge in [0.05, 0.1) is 10.6 Å². The van der Waals surface area contributed by atoms with Crippen molar-refractivity contribution in [1.29, 1.82) is 0 Å². The number of piperidine rings is 1. The molecule has 0 bridgehead atoms. The summed E-state index contributed by atoms with van der Waals surface area (Å²) in [6, 6.07) is 11.3. The normalized spacial score (nSPS) is 16.2. The number of nitrogens with one attached hydrogen (secondary N) is 3. The van der Waals surface area contributed by atoms with Crippen LogP contribution in [0.15, 0.2) is 42.6 Å². The first-order valence-electron chi connectivity index (χ1n) is 8.62. The third-order valence-electron chi connectivity index (χ3n) is 4.61. The lowest BCUT2D eigenvalue weighted by molar-refractivity contribution is 0.102. The minimum atomic E-state index is -0.185. The van der Waals surface area contributed by atoms with Crippen molar-refractivity contribution in [2.24, 2.45) is 5.92 Å². The molecule has 0 saturated carbocycles. The molecule has 1 fully saturated rings. The Morgan fingerprint density at radius 1 is 1.24 bits per heavy atom. The molecular weight excluding hydrogens is 336 g/mol. The third kappa shape index (κ3) is 4.71. The van der Waals surface area contributed by atoms with Crippen LogP contribution in [0, 0.1) is 5.92 Å². The van der Waals surface area contributed by atoms with Crippen LogP contribution in [0.1, 0.15) is 30.1 Å². The van der Waals surface area contributed by atoms with Crippen LogP contribution in [-0.4, -0.2) is 30.0 Å². The van der Waals surface area contributed by atoms with E-state index in [0.29, 0.717) is 28.4 Å². The topological polar surface area (TPSA) is 66.0 Å². The fraction of sp³-hybridized carbons (Fsp3) is 0.368. The second kappa shape index (κ2) is 8.32. The molecule has 6 heteroatoms. The maximum absolute atomic E-state index is 12.6. The first kappa shape index (κ1) is 17.7. The van der Waals surface area contributed by atoms with Crippen molar-refractivity contribution in [3.8, 4) is 0 Å². The number of nitrogens with zero attached hydrogens (tertiary/aromatic N) is 1. The van der Waals surface area contributed by atoms with E-state index in [1.807, 2.05) is 24.3 Å². The number of halogens is 1. The van der Waals surface area contributed by atoms with Crippen molar-refractivity contribution in [3.05, 3.63) is 53.2 Å². The highest BCUT2D eigenvalue weighted by Crippen LogP contribution is 2.23. The molecule has 1 aliphatic rings. The lowest BCUT2D eigenvalue weighted by Gasteiger charge is -2.30. The van der Waals surface area contributed by atoms with Gasteiger partial charge in [0.15, 0.2) is 0 Å². The Labute approximate surface area is 153 Å². The van der Waals surface area contributed by atoms with Gasteiger partial charge in [0.2, 0.25) is 0 Å². The Hall–Kier alpha value is -2.11. The van der Waals surface area contributed by atoms with Crippen molar-refractivity contribution in [2.75, 3.05) is 23.7 Å². The summed E-state index contributed by atoms with van der Waals surface area (Å²) >= 11 is 5.83. The molecule has 25 heavy (non-hydrogen) atoms. The van der Waals surface area contributed by atoms with Gasteiger partial charge in [0.25, 0.3) is 5.91 Å². The van der Waals surface area contributed by atoms with E-state index in [1.165, 1.54) is 6.20 Å². The summed E-state index contributed by atoms with van der Waals surface area (Å²) in [5, 5.41) is 10.3. The molecule has 0 spiro atoms. The maximum atomic E-state index is 12.6. The zero-order valence-corrected chi connectivity index (χ0v) is 15.0. The fourth-order valence-corrected chi connectivity index (χ4v) is 3.26. The summed E-state index contributed by atoms with van der Waals surface area (Å²) in [5.41, 5.74) is 1.46. The largest absolute Gasteiger partial charge is 0.382 e. The van der Waals surface area contributed by atoms with E-state index in [9.17, 15) is 4.79 Å². The lowest BCUT2D eigenvalue weighted by Crippen LogP contribution is -2.36. The van der Waals surface area contributed by atoms with Crippen LogP contribution in [0.5, 0.6) is 0 Å². The smallest absolute Gasteiger partial charge is 0.258 e. The molecule has 0 radical (unpaired) electrons. The SMILES string of the molecule is CC(Nc1ccccc1C(=O)Nc1ccc(Cl)cn1)C1CCNCC1. The highest BCUT2D eigenvalue weighted by Gasteiger charge is 2.21. The number of anilines is 2. The summed E-state index contributed by atoms with van der Waals surface area (Å²) in [6.45, 7) is 4.30. The van der Waals surface area contributed by atoms with E-state index in [2.05, 4.69) is 27.9 Å². The Balaban J connectivity index is 1.71. The van der Waals surface area contributed by atoms with Crippen molar-refractivity contribution in [1.82, 2.24) is 10.3 Å². The van der Waals surface area contributed by atoms with Gasteiger partial charge in [-0.1, -0.05) is 23.7 Å². The number of benzene rings is 1. The van der Waals surface area contributed by atoms with Gasteiger partial charge < -0.3 is 16.0 Å². The van der Waals surface area contributed by atoms with Gasteiger partial charge in [-0.25, -0.2) is 4.98 Å². The number of hydrogen-bond donors (Lipinski definition) is 3. The molecule has 5 nitrogen and oxygen atoms in total. The Morgan fingerprint density at radius 2 is 2.00 bits per heavy atom. The highest BCUT2D eigenvalue weighted by atomic mass is 35.5. The summed E-state index contributed by atoms with van der Waals surface area (Å²) in [5.74, 6) is 0.904. The van der Waals surface area contributed by atoms with Gasteiger partial charge in [-0.3, -0.25) is 4.79 Å². The molecule has 132 valence electrons. The predicted octanol–water partition coefficient (Wildman–Crippen LogP) is 3.79. The molecule has 1 aromatic heterocycles. The number of carbonyl (C=O) groups excluding carboxylic acids is 1. The number of pyridine rings is 1. The number of rotatable bonds is 5. The van der Waals surface area contributed by atoms with Crippen molar-refractivity contribution < 1.29 is 4.79 Å². The standard InChI is InChI=1S/C19H23ClN4O/c1-13(14-8-10-21-11-9-14)23-17-5-3-2-4-16(17)19(25)24-18-7-6-15(20)12-22-18/h2-7,12-14,21,23H,8-11H2,1H3,(H,22,24,25). The van der Waals surface area contributed by atoms with Crippen LogP contribution in [0.2, 0.25) is 5.02 Å². The zero-order valence-electron chi connectivity index (χ0n) is 14.3. The van der Waals surface area contributed by atoms with E-state index in [-0.39, 0.29) is 5.91 Å². The predicted molar refractivity (Wildman–Crippen MR) is 102 cm³/mol. The van der Waals surface area contributed by atoms with E-state index >= 15 is 0 Å². The van der Waals surface area contributed by atoms with Gasteiger partial charge in [0, 0.05) is 17.9 Å². The average Bonchev–Trinajstić information content (AvgIpc) is 2.64. The minimum absolute atomic E-state index is 0.185. The summed E-state index contributed by atoms with van der Waals surface area (Å²) in [6.07, 6.45) is 3.81. The Kier molecular flexibility index (Phi) is 5.89.